The van der Waals surface area contributed by atoms with Gasteiger partial charge in [-0.15, -0.1) is 0 Å². The normalized spacial score (nSPS) is 14.6. The number of hydrogen-bond acceptors (Lipinski definition) is 8. The molecule has 0 bridgehead atoms. The van der Waals surface area contributed by atoms with E-state index < -0.39 is 10.9 Å². The smallest absolute Gasteiger partial charge is 0.363 e. The second-order valence-corrected chi connectivity index (χ2v) is 5.98. The van der Waals surface area contributed by atoms with Gasteiger partial charge in [0.25, 0.3) is 5.69 Å². The van der Waals surface area contributed by atoms with Crippen LogP contribution in [0.1, 0.15) is 11.1 Å². The number of carbonyl (C=O) groups excluding carboxylic acids is 1. The molecule has 2 aromatic carbocycles. The molecule has 0 fully saturated rings. The largest absolute Gasteiger partial charge is 0.493 e. The molecule has 1 aliphatic rings. The monoisotopic (exact) mass is 410 g/mol. The molecule has 9 heteroatoms. The highest BCUT2D eigenvalue weighted by atomic mass is 16.6. The van der Waals surface area contributed by atoms with Crippen molar-refractivity contribution in [3.05, 3.63) is 69.4 Å². The summed E-state index contributed by atoms with van der Waals surface area (Å²) in [7, 11) is 4.47. The molecule has 1 aliphatic heterocycles. The quantitative estimate of drug-likeness (QED) is 0.297. The van der Waals surface area contributed by atoms with Crippen LogP contribution in [0.3, 0.4) is 0 Å². The zero-order valence-electron chi connectivity index (χ0n) is 16.4. The lowest BCUT2D eigenvalue weighted by molar-refractivity contribution is -0.384. The molecular formula is C21H18N2O7. The van der Waals surface area contributed by atoms with Gasteiger partial charge in [0.2, 0.25) is 11.6 Å². The SMILES string of the molecule is COc1ccc(C=C2N=C(C=Cc3cccc([N+](=O)[O-])c3)OC2=O)c(OC)c1OC. The fourth-order valence-corrected chi connectivity index (χ4v) is 2.79. The minimum atomic E-state index is -0.634. The van der Waals surface area contributed by atoms with E-state index in [1.807, 2.05) is 0 Å². The maximum atomic E-state index is 12.2. The number of methoxy groups -OCH3 is 3. The Bertz CT molecular complexity index is 1090. The average Bonchev–Trinajstić information content (AvgIpc) is 3.11. The Labute approximate surface area is 172 Å². The van der Waals surface area contributed by atoms with E-state index in [1.54, 1.807) is 30.3 Å². The van der Waals surface area contributed by atoms with Crippen molar-refractivity contribution >= 4 is 29.7 Å². The van der Waals surface area contributed by atoms with Gasteiger partial charge in [0.1, 0.15) is 0 Å². The molecule has 154 valence electrons. The number of nitro benzene ring substituents is 1. The lowest BCUT2D eigenvalue weighted by Gasteiger charge is -2.14. The molecule has 0 unspecified atom stereocenters. The third kappa shape index (κ3) is 4.30. The molecule has 0 N–H and O–H groups in total. The molecule has 1 heterocycles. The number of nitro groups is 1. The molecule has 0 aromatic heterocycles. The summed E-state index contributed by atoms with van der Waals surface area (Å²) in [6.07, 6.45) is 4.54. The minimum Gasteiger partial charge on any atom is -0.493 e. The molecule has 0 saturated heterocycles. The van der Waals surface area contributed by atoms with Gasteiger partial charge in [-0.05, 0) is 29.8 Å². The fraction of sp³-hybridized carbons (Fsp3) is 0.143. The summed E-state index contributed by atoms with van der Waals surface area (Å²) in [4.78, 5) is 26.7. The first kappa shape index (κ1) is 20.6. The number of carbonyl (C=O) groups is 1. The predicted octanol–water partition coefficient (Wildman–Crippen LogP) is 3.63. The van der Waals surface area contributed by atoms with Gasteiger partial charge in [-0.25, -0.2) is 9.79 Å². The van der Waals surface area contributed by atoms with E-state index in [9.17, 15) is 14.9 Å². The number of esters is 1. The Morgan fingerprint density at radius 1 is 1.03 bits per heavy atom. The summed E-state index contributed by atoms with van der Waals surface area (Å²) in [5.41, 5.74) is 1.15. The highest BCUT2D eigenvalue weighted by Gasteiger charge is 2.23. The maximum absolute atomic E-state index is 12.2. The van der Waals surface area contributed by atoms with E-state index in [0.717, 1.165) is 0 Å². The predicted molar refractivity (Wildman–Crippen MR) is 110 cm³/mol. The number of hydrogen-bond donors (Lipinski definition) is 0. The first-order valence-electron chi connectivity index (χ1n) is 8.71. The van der Waals surface area contributed by atoms with E-state index in [4.69, 9.17) is 18.9 Å². The lowest BCUT2D eigenvalue weighted by Crippen LogP contribution is -2.01. The van der Waals surface area contributed by atoms with E-state index in [2.05, 4.69) is 4.99 Å². The Morgan fingerprint density at radius 2 is 1.80 bits per heavy atom. The van der Waals surface area contributed by atoms with Crippen LogP contribution in [0.25, 0.3) is 12.2 Å². The topological polar surface area (TPSA) is 109 Å². The standard InChI is InChI=1S/C21H18N2O7/c1-27-17-9-8-14(19(28-2)20(17)29-3)12-16-21(24)30-18(22-16)10-7-13-5-4-6-15(11-13)23(25)26/h4-12H,1-3H3. The molecule has 9 nitrogen and oxygen atoms in total. The van der Waals surface area contributed by atoms with Crippen molar-refractivity contribution in [2.24, 2.45) is 4.99 Å². The van der Waals surface area contributed by atoms with Crippen molar-refractivity contribution < 1.29 is 28.7 Å². The van der Waals surface area contributed by atoms with E-state index in [1.165, 1.54) is 45.6 Å². The maximum Gasteiger partial charge on any atom is 0.363 e. The summed E-state index contributed by atoms with van der Waals surface area (Å²) in [6.45, 7) is 0. The Hall–Kier alpha value is -4.14. The molecule has 0 saturated carbocycles. The minimum absolute atomic E-state index is 0.0383. The number of rotatable bonds is 7. The van der Waals surface area contributed by atoms with Crippen LogP contribution >= 0.6 is 0 Å². The van der Waals surface area contributed by atoms with Crippen molar-refractivity contribution in [1.82, 2.24) is 0 Å². The van der Waals surface area contributed by atoms with Gasteiger partial charge in [-0.2, -0.15) is 0 Å². The number of ether oxygens (including phenoxy) is 4. The first-order chi connectivity index (χ1) is 14.5. The van der Waals surface area contributed by atoms with Gasteiger partial charge >= 0.3 is 5.97 Å². The van der Waals surface area contributed by atoms with E-state index in [-0.39, 0.29) is 17.3 Å². The molecule has 2 aromatic rings. The van der Waals surface area contributed by atoms with Crippen LogP contribution in [0.4, 0.5) is 5.69 Å². The van der Waals surface area contributed by atoms with Crippen molar-refractivity contribution in [1.29, 1.82) is 0 Å². The average molecular weight is 410 g/mol. The Kier molecular flexibility index (Phi) is 6.11. The zero-order valence-corrected chi connectivity index (χ0v) is 16.4. The third-order valence-corrected chi connectivity index (χ3v) is 4.16. The number of aliphatic imine (C=N–C) groups is 1. The zero-order chi connectivity index (χ0) is 21.7. The van der Waals surface area contributed by atoms with Crippen molar-refractivity contribution in [3.63, 3.8) is 0 Å². The molecule has 0 aliphatic carbocycles. The second kappa shape index (κ2) is 8.91. The Morgan fingerprint density at radius 3 is 2.47 bits per heavy atom. The van der Waals surface area contributed by atoms with Crippen LogP contribution in [0.15, 0.2) is 53.2 Å². The van der Waals surface area contributed by atoms with Gasteiger partial charge < -0.3 is 18.9 Å². The summed E-state index contributed by atoms with van der Waals surface area (Å²) >= 11 is 0. The van der Waals surface area contributed by atoms with E-state index in [0.29, 0.717) is 28.4 Å². The van der Waals surface area contributed by atoms with Crippen LogP contribution in [-0.2, 0) is 9.53 Å². The van der Waals surface area contributed by atoms with Gasteiger partial charge in [-0.3, -0.25) is 10.1 Å². The van der Waals surface area contributed by atoms with Gasteiger partial charge in [0, 0.05) is 23.8 Å². The molecule has 30 heavy (non-hydrogen) atoms. The van der Waals surface area contributed by atoms with E-state index >= 15 is 0 Å². The molecule has 0 radical (unpaired) electrons. The number of nitrogens with zero attached hydrogens (tertiary/aromatic N) is 2. The summed E-state index contributed by atoms with van der Waals surface area (Å²) < 4.78 is 21.1. The van der Waals surface area contributed by atoms with Gasteiger partial charge in [0.15, 0.2) is 17.2 Å². The summed E-state index contributed by atoms with van der Waals surface area (Å²) in [5, 5.41) is 10.9. The summed E-state index contributed by atoms with van der Waals surface area (Å²) in [6, 6.07) is 9.43. The van der Waals surface area contributed by atoms with Crippen molar-refractivity contribution in [2.75, 3.05) is 21.3 Å². The molecule has 0 amide bonds. The second-order valence-electron chi connectivity index (χ2n) is 5.98. The van der Waals surface area contributed by atoms with Crippen LogP contribution in [0, 0.1) is 10.1 Å². The highest BCUT2D eigenvalue weighted by molar-refractivity contribution is 6.11. The molecule has 0 atom stereocenters. The Balaban J connectivity index is 1.90. The van der Waals surface area contributed by atoms with Crippen LogP contribution < -0.4 is 14.2 Å². The van der Waals surface area contributed by atoms with Crippen molar-refractivity contribution in [2.45, 2.75) is 0 Å². The molecule has 0 spiro atoms. The lowest BCUT2D eigenvalue weighted by atomic mass is 10.1. The van der Waals surface area contributed by atoms with Crippen LogP contribution in [0.5, 0.6) is 17.2 Å². The summed E-state index contributed by atoms with van der Waals surface area (Å²) in [5.74, 6) is 0.681. The molecule has 3 rings (SSSR count). The first-order valence-corrected chi connectivity index (χ1v) is 8.71. The number of benzene rings is 2. The molecular weight excluding hydrogens is 392 g/mol. The van der Waals surface area contributed by atoms with Gasteiger partial charge in [-0.1, -0.05) is 12.1 Å². The van der Waals surface area contributed by atoms with Crippen molar-refractivity contribution in [3.8, 4) is 17.2 Å². The van der Waals surface area contributed by atoms with Crippen LogP contribution in [-0.4, -0.2) is 38.1 Å². The van der Waals surface area contributed by atoms with Crippen LogP contribution in [0.2, 0.25) is 0 Å². The highest BCUT2D eigenvalue weighted by Crippen LogP contribution is 2.40. The fourth-order valence-electron chi connectivity index (χ4n) is 2.79. The number of cyclic esters (lactones) is 1. The third-order valence-electron chi connectivity index (χ3n) is 4.16. The number of non-ortho nitro benzene ring substituents is 1. The van der Waals surface area contributed by atoms with Gasteiger partial charge in [0.05, 0.1) is 26.3 Å².